The van der Waals surface area contributed by atoms with Crippen molar-refractivity contribution in [2.75, 3.05) is 0 Å². The molecule has 2 aromatic rings. The van der Waals surface area contributed by atoms with E-state index >= 15 is 0 Å². The fourth-order valence-corrected chi connectivity index (χ4v) is 1.03. The second kappa shape index (κ2) is 7.33. The molecule has 0 radical (unpaired) electrons. The predicted molar refractivity (Wildman–Crippen MR) is 61.5 cm³/mol. The Bertz CT molecular complexity index is 402. The molecule has 0 aliphatic rings. The number of benzene rings is 1. The van der Waals surface area contributed by atoms with E-state index in [4.69, 9.17) is 27.6 Å². The summed E-state index contributed by atoms with van der Waals surface area (Å²) in [5.74, 6) is 0.528. The van der Waals surface area contributed by atoms with E-state index in [0.717, 1.165) is 11.4 Å². The summed E-state index contributed by atoms with van der Waals surface area (Å²) in [6.45, 7) is 0. The van der Waals surface area contributed by atoms with Crippen LogP contribution in [0.5, 0.6) is 0 Å². The third-order valence-corrected chi connectivity index (χ3v) is 1.62. The number of nitrogens with zero attached hydrogens (tertiary/aromatic N) is 1. The fraction of sp³-hybridized carbons (Fsp3) is 0. The molecular formula is C9H7AuCl3FN2. The van der Waals surface area contributed by atoms with E-state index in [1.54, 1.807) is 24.5 Å². The number of imidazole rings is 1. The second-order valence-electron chi connectivity index (χ2n) is 2.57. The average Bonchev–Trinajstić information content (AvgIpc) is 2.71. The van der Waals surface area contributed by atoms with Crippen molar-refractivity contribution in [3.63, 3.8) is 0 Å². The molecular weight excluding hydrogens is 458 g/mol. The van der Waals surface area contributed by atoms with Gasteiger partial charge in [0.1, 0.15) is 11.6 Å². The van der Waals surface area contributed by atoms with Crippen molar-refractivity contribution in [2.24, 2.45) is 0 Å². The molecule has 0 spiro atoms. The SMILES string of the molecule is Fc1ccc(-c2ncc[nH]2)cc1.[Cl][Au]([Cl])[Cl]. The molecule has 92 valence electrons. The summed E-state index contributed by atoms with van der Waals surface area (Å²) in [5.41, 5.74) is 0.890. The Hall–Kier alpha value is -0.0297. The Morgan fingerprint density at radius 3 is 2.12 bits per heavy atom. The zero-order valence-corrected chi connectivity index (χ0v) is 12.2. The van der Waals surface area contributed by atoms with E-state index in [-0.39, 0.29) is 5.82 Å². The Morgan fingerprint density at radius 1 is 1.12 bits per heavy atom. The minimum absolute atomic E-state index is 0.231. The number of H-pyrrole nitrogens is 1. The van der Waals surface area contributed by atoms with Crippen LogP contribution in [0, 0.1) is 5.82 Å². The molecule has 7 heteroatoms. The second-order valence-corrected chi connectivity index (χ2v) is 12.0. The van der Waals surface area contributed by atoms with E-state index in [1.165, 1.54) is 12.1 Å². The molecule has 0 bridgehead atoms. The molecule has 0 aliphatic carbocycles. The van der Waals surface area contributed by atoms with Gasteiger partial charge >= 0.3 is 42.8 Å². The van der Waals surface area contributed by atoms with Crippen LogP contribution in [0.2, 0.25) is 0 Å². The molecule has 1 aromatic heterocycles. The molecule has 0 amide bonds. The van der Waals surface area contributed by atoms with E-state index in [0.29, 0.717) is 0 Å². The van der Waals surface area contributed by atoms with Crippen molar-refractivity contribution in [1.82, 2.24) is 9.97 Å². The van der Waals surface area contributed by atoms with E-state index in [1.807, 2.05) is 0 Å². The van der Waals surface area contributed by atoms with Crippen LogP contribution in [0.1, 0.15) is 0 Å². The summed E-state index contributed by atoms with van der Waals surface area (Å²) in [5, 5.41) is 0. The number of aromatic nitrogens is 2. The van der Waals surface area contributed by atoms with Crippen LogP contribution >= 0.6 is 27.6 Å². The molecule has 2 nitrogen and oxygen atoms in total. The normalized spacial score (nSPS) is 10.4. The van der Waals surface area contributed by atoms with Crippen LogP contribution in [0.4, 0.5) is 4.39 Å². The third-order valence-electron chi connectivity index (χ3n) is 1.62. The quantitative estimate of drug-likeness (QED) is 0.626. The van der Waals surface area contributed by atoms with E-state index in [9.17, 15) is 4.39 Å². The molecule has 0 fully saturated rings. The van der Waals surface area contributed by atoms with Gasteiger partial charge in [-0.3, -0.25) is 0 Å². The van der Waals surface area contributed by atoms with Gasteiger partial charge in [0.05, 0.1) is 0 Å². The maximum absolute atomic E-state index is 12.5. The summed E-state index contributed by atoms with van der Waals surface area (Å²) in [6, 6.07) is 6.21. The Balaban J connectivity index is 0.000000280. The summed E-state index contributed by atoms with van der Waals surface area (Å²) in [6.07, 6.45) is 3.40. The Morgan fingerprint density at radius 2 is 1.69 bits per heavy atom. The molecule has 0 saturated heterocycles. The zero-order valence-electron chi connectivity index (χ0n) is 7.72. The third kappa shape index (κ3) is 5.34. The minimum atomic E-state index is -1.79. The van der Waals surface area contributed by atoms with Crippen molar-refractivity contribution in [3.05, 3.63) is 42.5 Å². The van der Waals surface area contributed by atoms with Crippen molar-refractivity contribution in [2.45, 2.75) is 0 Å². The van der Waals surface area contributed by atoms with Crippen molar-refractivity contribution < 1.29 is 19.6 Å². The molecule has 1 heterocycles. The summed E-state index contributed by atoms with van der Waals surface area (Å²) in [7, 11) is 14.9. The molecule has 0 saturated carbocycles. The fourth-order valence-electron chi connectivity index (χ4n) is 1.03. The number of nitrogens with one attached hydrogen (secondary N) is 1. The van der Waals surface area contributed by atoms with Crippen LogP contribution in [0.25, 0.3) is 11.4 Å². The van der Waals surface area contributed by atoms with Crippen LogP contribution < -0.4 is 0 Å². The van der Waals surface area contributed by atoms with Crippen molar-refractivity contribution in [1.29, 1.82) is 0 Å². The van der Waals surface area contributed by atoms with Gasteiger partial charge in [0.25, 0.3) is 0 Å². The number of halogens is 4. The zero-order chi connectivity index (χ0) is 12.0. The summed E-state index contributed by atoms with van der Waals surface area (Å²) in [4.78, 5) is 6.98. The summed E-state index contributed by atoms with van der Waals surface area (Å²) >= 11 is -1.79. The molecule has 2 rings (SSSR count). The van der Waals surface area contributed by atoms with Crippen LogP contribution in [0.15, 0.2) is 36.7 Å². The van der Waals surface area contributed by atoms with Crippen molar-refractivity contribution in [3.8, 4) is 11.4 Å². The van der Waals surface area contributed by atoms with E-state index < -0.39 is 15.2 Å². The maximum atomic E-state index is 12.5. The monoisotopic (exact) mass is 464 g/mol. The molecule has 0 unspecified atom stereocenters. The molecule has 16 heavy (non-hydrogen) atoms. The first-order chi connectivity index (χ1) is 7.59. The first kappa shape index (κ1) is 14.0. The number of rotatable bonds is 1. The summed E-state index contributed by atoms with van der Waals surface area (Å²) < 4.78 is 12.5. The van der Waals surface area contributed by atoms with Crippen LogP contribution in [-0.2, 0) is 15.2 Å². The first-order valence-corrected chi connectivity index (χ1v) is 12.0. The number of hydrogen-bond acceptors (Lipinski definition) is 1. The Kier molecular flexibility index (Phi) is 6.43. The average molecular weight is 465 g/mol. The van der Waals surface area contributed by atoms with Gasteiger partial charge < -0.3 is 4.98 Å². The van der Waals surface area contributed by atoms with Crippen LogP contribution in [0.3, 0.4) is 0 Å². The number of hydrogen-bond donors (Lipinski definition) is 1. The standard InChI is InChI=1S/C9H7FN2.Au.3ClH/c10-8-3-1-7(2-4-8)9-11-5-6-12-9;;;;/h1-6H,(H,11,12);;3*1H/q;+3;;;/p-3. The van der Waals surface area contributed by atoms with Gasteiger partial charge in [-0.25, -0.2) is 9.37 Å². The predicted octanol–water partition coefficient (Wildman–Crippen LogP) is 4.28. The molecule has 0 aliphatic heterocycles. The molecule has 1 aromatic carbocycles. The van der Waals surface area contributed by atoms with Gasteiger partial charge in [0.15, 0.2) is 0 Å². The van der Waals surface area contributed by atoms with Gasteiger partial charge in [-0.05, 0) is 24.3 Å². The van der Waals surface area contributed by atoms with Crippen molar-refractivity contribution >= 4 is 27.6 Å². The van der Waals surface area contributed by atoms with Crippen LogP contribution in [-0.4, -0.2) is 9.97 Å². The van der Waals surface area contributed by atoms with Gasteiger partial charge in [-0.2, -0.15) is 0 Å². The topological polar surface area (TPSA) is 28.7 Å². The molecule has 0 atom stereocenters. The van der Waals surface area contributed by atoms with Gasteiger partial charge in [-0.1, -0.05) is 0 Å². The van der Waals surface area contributed by atoms with E-state index in [2.05, 4.69) is 9.97 Å². The first-order valence-electron chi connectivity index (χ1n) is 3.96. The molecule has 1 N–H and O–H groups in total. The number of aromatic amines is 1. The Labute approximate surface area is 110 Å². The van der Waals surface area contributed by atoms with Gasteiger partial charge in [0, 0.05) is 18.0 Å². The van der Waals surface area contributed by atoms with Gasteiger partial charge in [0.2, 0.25) is 0 Å². The van der Waals surface area contributed by atoms with Gasteiger partial charge in [-0.15, -0.1) is 0 Å².